The lowest BCUT2D eigenvalue weighted by molar-refractivity contribution is 0.0527. The highest BCUT2D eigenvalue weighted by atomic mass is 16.5. The third-order valence-electron chi connectivity index (χ3n) is 2.55. The zero-order valence-electron chi connectivity index (χ0n) is 11.0. The van der Waals surface area contributed by atoms with Gasteiger partial charge in [0.1, 0.15) is 11.4 Å². The van der Waals surface area contributed by atoms with Crippen LogP contribution in [-0.2, 0) is 4.74 Å². The lowest BCUT2D eigenvalue weighted by Crippen LogP contribution is -2.26. The summed E-state index contributed by atoms with van der Waals surface area (Å²) in [5.74, 6) is 0.176. The number of hydrogen-bond acceptors (Lipinski definition) is 5. The van der Waals surface area contributed by atoms with Crippen molar-refractivity contribution in [1.82, 2.24) is 4.98 Å². The SMILES string of the molecule is CCOC(=O)c1cccnc1NCC(O)C(C)C. The van der Waals surface area contributed by atoms with Crippen LogP contribution in [0, 0.1) is 5.92 Å². The molecule has 0 amide bonds. The maximum atomic E-state index is 11.7. The van der Waals surface area contributed by atoms with E-state index in [2.05, 4.69) is 10.3 Å². The predicted molar refractivity (Wildman–Crippen MR) is 69.5 cm³/mol. The fraction of sp³-hybridized carbons (Fsp3) is 0.538. The van der Waals surface area contributed by atoms with Crippen molar-refractivity contribution in [2.75, 3.05) is 18.5 Å². The molecule has 0 aromatic carbocycles. The molecule has 0 saturated carbocycles. The summed E-state index contributed by atoms with van der Waals surface area (Å²) in [6.07, 6.45) is 1.11. The maximum Gasteiger partial charge on any atom is 0.341 e. The van der Waals surface area contributed by atoms with E-state index in [0.717, 1.165) is 0 Å². The zero-order chi connectivity index (χ0) is 13.5. The van der Waals surface area contributed by atoms with Gasteiger partial charge in [-0.1, -0.05) is 13.8 Å². The van der Waals surface area contributed by atoms with Crippen molar-refractivity contribution in [1.29, 1.82) is 0 Å². The lowest BCUT2D eigenvalue weighted by atomic mass is 10.1. The van der Waals surface area contributed by atoms with Gasteiger partial charge in [-0.25, -0.2) is 9.78 Å². The molecule has 0 saturated heterocycles. The van der Waals surface area contributed by atoms with E-state index >= 15 is 0 Å². The molecule has 1 aromatic heterocycles. The van der Waals surface area contributed by atoms with Gasteiger partial charge >= 0.3 is 5.97 Å². The highest BCUT2D eigenvalue weighted by molar-refractivity contribution is 5.94. The van der Waals surface area contributed by atoms with Crippen molar-refractivity contribution in [3.63, 3.8) is 0 Å². The molecule has 0 spiro atoms. The average molecular weight is 252 g/mol. The Morgan fingerprint density at radius 3 is 2.89 bits per heavy atom. The smallest absolute Gasteiger partial charge is 0.341 e. The summed E-state index contributed by atoms with van der Waals surface area (Å²) in [4.78, 5) is 15.8. The summed E-state index contributed by atoms with van der Waals surface area (Å²) in [6, 6.07) is 3.32. The number of ether oxygens (including phenoxy) is 1. The first kappa shape index (κ1) is 14.4. The number of aromatic nitrogens is 1. The first-order chi connectivity index (χ1) is 8.56. The highest BCUT2D eigenvalue weighted by Gasteiger charge is 2.15. The fourth-order valence-electron chi connectivity index (χ4n) is 1.36. The third kappa shape index (κ3) is 4.00. The number of esters is 1. The van der Waals surface area contributed by atoms with Gasteiger partial charge in [0.25, 0.3) is 0 Å². The lowest BCUT2D eigenvalue weighted by Gasteiger charge is -2.16. The molecule has 18 heavy (non-hydrogen) atoms. The zero-order valence-corrected chi connectivity index (χ0v) is 11.0. The molecule has 0 radical (unpaired) electrons. The van der Waals surface area contributed by atoms with Crippen LogP contribution in [0.1, 0.15) is 31.1 Å². The van der Waals surface area contributed by atoms with Crippen molar-refractivity contribution in [2.24, 2.45) is 5.92 Å². The van der Waals surface area contributed by atoms with Crippen LogP contribution in [0.5, 0.6) is 0 Å². The van der Waals surface area contributed by atoms with E-state index < -0.39 is 12.1 Å². The molecule has 0 aliphatic rings. The normalized spacial score (nSPS) is 12.3. The summed E-state index contributed by atoms with van der Waals surface area (Å²) >= 11 is 0. The van der Waals surface area contributed by atoms with Crippen molar-refractivity contribution in [3.05, 3.63) is 23.9 Å². The van der Waals surface area contributed by atoms with E-state index in [4.69, 9.17) is 4.74 Å². The third-order valence-corrected chi connectivity index (χ3v) is 2.55. The molecule has 0 fully saturated rings. The van der Waals surface area contributed by atoms with Crippen LogP contribution < -0.4 is 5.32 Å². The number of aliphatic hydroxyl groups is 1. The molecule has 100 valence electrons. The Hall–Kier alpha value is -1.62. The van der Waals surface area contributed by atoms with Gasteiger partial charge in [-0.3, -0.25) is 0 Å². The Balaban J connectivity index is 2.73. The Morgan fingerprint density at radius 2 is 2.28 bits per heavy atom. The predicted octanol–water partition coefficient (Wildman–Crippen LogP) is 1.69. The summed E-state index contributed by atoms with van der Waals surface area (Å²) in [5.41, 5.74) is 0.385. The Bertz CT molecular complexity index is 394. The molecule has 0 aliphatic heterocycles. The van der Waals surface area contributed by atoms with Crippen LogP contribution in [-0.4, -0.2) is 35.3 Å². The molecule has 5 heteroatoms. The molecular weight excluding hydrogens is 232 g/mol. The van der Waals surface area contributed by atoms with Gasteiger partial charge in [0.05, 0.1) is 12.7 Å². The van der Waals surface area contributed by atoms with E-state index in [9.17, 15) is 9.90 Å². The summed E-state index contributed by atoms with van der Waals surface area (Å²) in [7, 11) is 0. The number of anilines is 1. The second kappa shape index (κ2) is 6.96. The Morgan fingerprint density at radius 1 is 1.56 bits per heavy atom. The fourth-order valence-corrected chi connectivity index (χ4v) is 1.36. The Kier molecular flexibility index (Phi) is 5.58. The van der Waals surface area contributed by atoms with E-state index in [1.165, 1.54) is 0 Å². The molecular formula is C13H20N2O3. The molecule has 0 aliphatic carbocycles. The van der Waals surface area contributed by atoms with E-state index in [-0.39, 0.29) is 5.92 Å². The minimum atomic E-state index is -0.484. The first-order valence-corrected chi connectivity index (χ1v) is 6.10. The largest absolute Gasteiger partial charge is 0.462 e. The average Bonchev–Trinajstić information content (AvgIpc) is 2.36. The second-order valence-electron chi connectivity index (χ2n) is 4.31. The van der Waals surface area contributed by atoms with Crippen molar-refractivity contribution in [2.45, 2.75) is 26.9 Å². The molecule has 0 bridgehead atoms. The molecule has 2 N–H and O–H groups in total. The van der Waals surface area contributed by atoms with Crippen LogP contribution in [0.4, 0.5) is 5.82 Å². The van der Waals surface area contributed by atoms with Crippen LogP contribution in [0.15, 0.2) is 18.3 Å². The topological polar surface area (TPSA) is 71.5 Å². The molecule has 1 unspecified atom stereocenters. The van der Waals surface area contributed by atoms with Crippen molar-refractivity contribution >= 4 is 11.8 Å². The Labute approximate surface area is 107 Å². The molecule has 1 aromatic rings. The van der Waals surface area contributed by atoms with Crippen molar-refractivity contribution in [3.8, 4) is 0 Å². The summed E-state index contributed by atoms with van der Waals surface area (Å²) in [6.45, 7) is 6.28. The molecule has 5 nitrogen and oxygen atoms in total. The van der Waals surface area contributed by atoms with Crippen LogP contribution in [0.2, 0.25) is 0 Å². The number of hydrogen-bond donors (Lipinski definition) is 2. The minimum Gasteiger partial charge on any atom is -0.462 e. The van der Waals surface area contributed by atoms with E-state index in [1.54, 1.807) is 25.3 Å². The standard InChI is InChI=1S/C13H20N2O3/c1-4-18-13(17)10-6-5-7-14-12(10)15-8-11(16)9(2)3/h5-7,9,11,16H,4,8H2,1-3H3,(H,14,15). The van der Waals surface area contributed by atoms with Gasteiger partial charge in [-0.05, 0) is 25.0 Å². The maximum absolute atomic E-state index is 11.7. The number of carbonyl (C=O) groups is 1. The summed E-state index contributed by atoms with van der Waals surface area (Å²) in [5, 5.41) is 12.7. The second-order valence-corrected chi connectivity index (χ2v) is 4.31. The van der Waals surface area contributed by atoms with Crippen LogP contribution in [0.3, 0.4) is 0 Å². The molecule has 1 heterocycles. The monoisotopic (exact) mass is 252 g/mol. The molecule has 1 atom stereocenters. The number of nitrogens with one attached hydrogen (secondary N) is 1. The van der Waals surface area contributed by atoms with Crippen molar-refractivity contribution < 1.29 is 14.6 Å². The van der Waals surface area contributed by atoms with Gasteiger partial charge < -0.3 is 15.2 Å². The number of pyridine rings is 1. The number of nitrogens with zero attached hydrogens (tertiary/aromatic N) is 1. The van der Waals surface area contributed by atoms with Gasteiger partial charge in [-0.2, -0.15) is 0 Å². The van der Waals surface area contributed by atoms with E-state index in [1.807, 2.05) is 13.8 Å². The van der Waals surface area contributed by atoms with Gasteiger partial charge in [0.15, 0.2) is 0 Å². The van der Waals surface area contributed by atoms with Gasteiger partial charge in [0.2, 0.25) is 0 Å². The number of carbonyl (C=O) groups excluding carboxylic acids is 1. The van der Waals surface area contributed by atoms with E-state index in [0.29, 0.717) is 24.5 Å². The molecule has 1 rings (SSSR count). The first-order valence-electron chi connectivity index (χ1n) is 6.10. The quantitative estimate of drug-likeness (QED) is 0.754. The number of aliphatic hydroxyl groups excluding tert-OH is 1. The number of rotatable bonds is 6. The summed E-state index contributed by atoms with van der Waals surface area (Å²) < 4.78 is 4.94. The highest BCUT2D eigenvalue weighted by Crippen LogP contribution is 2.13. The van der Waals surface area contributed by atoms with Crippen LogP contribution >= 0.6 is 0 Å². The van der Waals surface area contributed by atoms with Gasteiger partial charge in [0, 0.05) is 12.7 Å². The minimum absolute atomic E-state index is 0.146. The van der Waals surface area contributed by atoms with Gasteiger partial charge in [-0.15, -0.1) is 0 Å². The van der Waals surface area contributed by atoms with Crippen LogP contribution in [0.25, 0.3) is 0 Å².